The van der Waals surface area contributed by atoms with Gasteiger partial charge in [0, 0.05) is 5.56 Å². The maximum absolute atomic E-state index is 14.0. The van der Waals surface area contributed by atoms with Crippen molar-refractivity contribution in [3.63, 3.8) is 0 Å². The number of phenolic OH excluding ortho intramolecular Hbond substituents is 1. The number of benzene rings is 3. The molecule has 3 aromatic carbocycles. The Hall–Kier alpha value is -3.98. The molecule has 1 atom stereocenters. The molecule has 0 bridgehead atoms. The van der Waals surface area contributed by atoms with Crippen molar-refractivity contribution in [2.24, 2.45) is 0 Å². The van der Waals surface area contributed by atoms with Crippen molar-refractivity contribution in [1.29, 1.82) is 0 Å². The number of quaternary nitrogens is 1. The van der Waals surface area contributed by atoms with Crippen LogP contribution < -0.4 is 19.8 Å². The van der Waals surface area contributed by atoms with Gasteiger partial charge in [-0.1, -0.05) is 30.3 Å². The van der Waals surface area contributed by atoms with E-state index < -0.39 is 23.1 Å². The van der Waals surface area contributed by atoms with Gasteiger partial charge in [0.05, 0.1) is 24.6 Å². The number of nitrogens with one attached hydrogen (secondary N) is 1. The van der Waals surface area contributed by atoms with Crippen LogP contribution in [0.5, 0.6) is 23.0 Å². The molecule has 188 valence electrons. The number of hydrogen-bond donors (Lipinski definition) is 2. The van der Waals surface area contributed by atoms with Crippen molar-refractivity contribution < 1.29 is 37.1 Å². The maximum atomic E-state index is 14.0. The lowest BCUT2D eigenvalue weighted by Crippen LogP contribution is -3.09. The topological polar surface area (TPSA) is 73.3 Å². The molecule has 1 heterocycles. The predicted molar refractivity (Wildman–Crippen MR) is 128 cm³/mol. The monoisotopic (exact) mass is 500 g/mol. The Morgan fingerprint density at radius 2 is 1.61 bits per heavy atom. The lowest BCUT2D eigenvalue weighted by Gasteiger charge is -2.20. The number of aromatic hydroxyl groups is 1. The molecule has 0 fully saturated rings. The first-order valence-electron chi connectivity index (χ1n) is 11.3. The van der Waals surface area contributed by atoms with Crippen LogP contribution in [0.25, 0.3) is 11.0 Å². The quantitative estimate of drug-likeness (QED) is 0.359. The van der Waals surface area contributed by atoms with Gasteiger partial charge >= 0.3 is 6.18 Å². The van der Waals surface area contributed by atoms with Crippen molar-refractivity contribution in [1.82, 2.24) is 0 Å². The molecule has 0 saturated carbocycles. The summed E-state index contributed by atoms with van der Waals surface area (Å²) in [6.45, 7) is 3.27. The summed E-state index contributed by atoms with van der Waals surface area (Å²) in [5, 5.41) is 10.4. The first kappa shape index (κ1) is 25.1. The van der Waals surface area contributed by atoms with Gasteiger partial charge in [0.25, 0.3) is 5.76 Å². The van der Waals surface area contributed by atoms with E-state index in [1.54, 1.807) is 0 Å². The number of phenols is 1. The van der Waals surface area contributed by atoms with E-state index in [0.717, 1.165) is 10.5 Å². The highest BCUT2D eigenvalue weighted by Gasteiger charge is 2.41. The van der Waals surface area contributed by atoms with Gasteiger partial charge in [-0.3, -0.25) is 4.79 Å². The molecule has 0 aliphatic rings. The van der Waals surface area contributed by atoms with Crippen molar-refractivity contribution >= 4 is 11.0 Å². The standard InChI is InChI=1S/C27H24F3NO5/c1-3-31(15-17-7-5-4-6-8-17)16-21-22(32)14-13-20-23(33)25(26(27(28,29)30)36-24(20)21)35-19-11-9-18(34-2)10-12-19/h4-14,32H,3,15-16H2,1-2H3/p+1. The van der Waals surface area contributed by atoms with Crippen molar-refractivity contribution in [2.75, 3.05) is 13.7 Å². The summed E-state index contributed by atoms with van der Waals surface area (Å²) in [5.41, 5.74) is -0.143. The van der Waals surface area contributed by atoms with E-state index in [-0.39, 0.29) is 34.6 Å². The Morgan fingerprint density at radius 3 is 2.22 bits per heavy atom. The molecule has 4 aromatic rings. The molecule has 6 nitrogen and oxygen atoms in total. The molecule has 1 aromatic heterocycles. The van der Waals surface area contributed by atoms with E-state index in [0.29, 0.717) is 18.8 Å². The number of ether oxygens (including phenoxy) is 2. The normalized spacial score (nSPS) is 12.5. The first-order valence-corrected chi connectivity index (χ1v) is 11.3. The Morgan fingerprint density at radius 1 is 0.944 bits per heavy atom. The average molecular weight is 500 g/mol. The Labute approximate surface area is 205 Å². The summed E-state index contributed by atoms with van der Waals surface area (Å²) in [4.78, 5) is 14.2. The van der Waals surface area contributed by atoms with Crippen LogP contribution >= 0.6 is 0 Å². The number of rotatable bonds is 8. The molecule has 36 heavy (non-hydrogen) atoms. The highest BCUT2D eigenvalue weighted by atomic mass is 19.4. The lowest BCUT2D eigenvalue weighted by atomic mass is 10.1. The third kappa shape index (κ3) is 5.31. The van der Waals surface area contributed by atoms with E-state index in [1.165, 1.54) is 43.5 Å². The summed E-state index contributed by atoms with van der Waals surface area (Å²) >= 11 is 0. The van der Waals surface area contributed by atoms with Crippen LogP contribution in [0, 0.1) is 0 Å². The number of halogens is 3. The predicted octanol–water partition coefficient (Wildman–Crippen LogP) is 4.92. The molecule has 0 amide bonds. The van der Waals surface area contributed by atoms with E-state index in [9.17, 15) is 23.1 Å². The second-order valence-electron chi connectivity index (χ2n) is 8.25. The molecule has 0 radical (unpaired) electrons. The molecule has 0 saturated heterocycles. The van der Waals surface area contributed by atoms with Crippen molar-refractivity contribution in [3.05, 3.63) is 93.8 Å². The van der Waals surface area contributed by atoms with Crippen LogP contribution in [0.3, 0.4) is 0 Å². The minimum absolute atomic E-state index is 0.0106. The van der Waals surface area contributed by atoms with Gasteiger partial charge in [0.2, 0.25) is 11.2 Å². The van der Waals surface area contributed by atoms with E-state index in [1.807, 2.05) is 37.3 Å². The highest BCUT2D eigenvalue weighted by molar-refractivity contribution is 5.83. The minimum Gasteiger partial charge on any atom is -0.507 e. The second kappa shape index (κ2) is 10.3. The molecule has 9 heteroatoms. The number of fused-ring (bicyclic) bond motifs is 1. The molecule has 0 spiro atoms. The maximum Gasteiger partial charge on any atom is 0.453 e. The van der Waals surface area contributed by atoms with Gasteiger partial charge < -0.3 is 23.9 Å². The Balaban J connectivity index is 1.80. The SMILES string of the molecule is CC[NH+](Cc1ccccc1)Cc1c(O)ccc2c(=O)c(Oc3ccc(OC)cc3)c(C(F)(F)F)oc12. The molecule has 2 N–H and O–H groups in total. The molecule has 4 rings (SSSR count). The Bertz CT molecular complexity index is 1400. The zero-order chi connectivity index (χ0) is 25.9. The van der Waals surface area contributed by atoms with Crippen LogP contribution in [0.4, 0.5) is 13.2 Å². The van der Waals surface area contributed by atoms with Gasteiger partial charge in [-0.25, -0.2) is 0 Å². The van der Waals surface area contributed by atoms with E-state index in [2.05, 4.69) is 0 Å². The highest BCUT2D eigenvalue weighted by Crippen LogP contribution is 2.39. The van der Waals surface area contributed by atoms with E-state index in [4.69, 9.17) is 13.9 Å². The van der Waals surface area contributed by atoms with Gasteiger partial charge in [0.15, 0.2) is 5.58 Å². The largest absolute Gasteiger partial charge is 0.507 e. The fourth-order valence-electron chi connectivity index (χ4n) is 3.95. The third-order valence-corrected chi connectivity index (χ3v) is 5.86. The van der Waals surface area contributed by atoms with Gasteiger partial charge in [-0.15, -0.1) is 0 Å². The van der Waals surface area contributed by atoms with Crippen molar-refractivity contribution in [3.8, 4) is 23.0 Å². The first-order chi connectivity index (χ1) is 17.2. The minimum atomic E-state index is -5.01. The number of hydrogen-bond acceptors (Lipinski definition) is 5. The van der Waals surface area contributed by atoms with Crippen LogP contribution in [0.15, 0.2) is 75.9 Å². The fourth-order valence-corrected chi connectivity index (χ4v) is 3.95. The molecular weight excluding hydrogens is 475 g/mol. The zero-order valence-corrected chi connectivity index (χ0v) is 19.7. The summed E-state index contributed by atoms with van der Waals surface area (Å²) in [6, 6.07) is 17.9. The second-order valence-corrected chi connectivity index (χ2v) is 8.25. The van der Waals surface area contributed by atoms with Crippen molar-refractivity contribution in [2.45, 2.75) is 26.2 Å². The molecular formula is C27H25F3NO5+. The van der Waals surface area contributed by atoms with Crippen LogP contribution in [-0.2, 0) is 19.3 Å². The summed E-state index contributed by atoms with van der Waals surface area (Å²) in [5.74, 6) is -2.30. The van der Waals surface area contributed by atoms with Crippen LogP contribution in [0.1, 0.15) is 23.8 Å². The van der Waals surface area contributed by atoms with Gasteiger partial charge in [-0.05, 0) is 43.3 Å². The van der Waals surface area contributed by atoms with Crippen LogP contribution in [-0.4, -0.2) is 18.8 Å². The molecule has 0 aliphatic carbocycles. The zero-order valence-electron chi connectivity index (χ0n) is 19.7. The van der Waals surface area contributed by atoms with Crippen LogP contribution in [0.2, 0.25) is 0 Å². The molecule has 1 unspecified atom stereocenters. The fraction of sp³-hybridized carbons (Fsp3) is 0.222. The van der Waals surface area contributed by atoms with Gasteiger partial charge in [-0.2, -0.15) is 13.2 Å². The van der Waals surface area contributed by atoms with Gasteiger partial charge in [0.1, 0.15) is 30.3 Å². The average Bonchev–Trinajstić information content (AvgIpc) is 2.87. The summed E-state index contributed by atoms with van der Waals surface area (Å²) in [6.07, 6.45) is -5.01. The smallest absolute Gasteiger partial charge is 0.453 e. The number of alkyl halides is 3. The lowest BCUT2D eigenvalue weighted by molar-refractivity contribution is -0.925. The van der Waals surface area contributed by atoms with E-state index >= 15 is 0 Å². The Kier molecular flexibility index (Phi) is 7.21. The summed E-state index contributed by atoms with van der Waals surface area (Å²) in [7, 11) is 1.45. The number of methoxy groups -OCH3 is 1. The molecule has 0 aliphatic heterocycles. The third-order valence-electron chi connectivity index (χ3n) is 5.86. The summed E-state index contributed by atoms with van der Waals surface area (Å²) < 4.78 is 57.8.